The fourth-order valence-electron chi connectivity index (χ4n) is 9.14. The molecule has 0 aromatic heterocycles. The summed E-state index contributed by atoms with van der Waals surface area (Å²) in [5, 5.41) is 0. The van der Waals surface area contributed by atoms with Crippen molar-refractivity contribution in [3.63, 3.8) is 0 Å². The van der Waals surface area contributed by atoms with Crippen molar-refractivity contribution >= 4 is 0 Å². The molecule has 11 heteroatoms. The molecule has 2 heterocycles. The third-order valence-corrected chi connectivity index (χ3v) is 12.9. The van der Waals surface area contributed by atoms with Gasteiger partial charge in [-0.2, -0.15) is 0 Å². The van der Waals surface area contributed by atoms with Gasteiger partial charge in [0.25, 0.3) is 0 Å². The Kier molecular flexibility index (Phi) is 19.9. The molecule has 0 N–H and O–H groups in total. The predicted molar refractivity (Wildman–Crippen MR) is 276 cm³/mol. The lowest BCUT2D eigenvalue weighted by atomic mass is 9.96. The largest absolute Gasteiger partial charge is 0.374 e. The van der Waals surface area contributed by atoms with E-state index in [2.05, 4.69) is 0 Å². The summed E-state index contributed by atoms with van der Waals surface area (Å²) in [7, 11) is 1.61. The average Bonchev–Trinajstić information content (AvgIpc) is 3.45. The van der Waals surface area contributed by atoms with Crippen molar-refractivity contribution in [2.45, 2.75) is 108 Å². The Morgan fingerprint density at radius 2 is 0.534 bits per heavy atom. The van der Waals surface area contributed by atoms with Gasteiger partial charge < -0.3 is 52.1 Å². The minimum atomic E-state index is -0.999. The van der Waals surface area contributed by atoms with Crippen LogP contribution in [0.5, 0.6) is 0 Å². The van der Waals surface area contributed by atoms with Crippen LogP contribution in [0.2, 0.25) is 0 Å². The van der Waals surface area contributed by atoms with Gasteiger partial charge in [0.15, 0.2) is 12.6 Å². The molecule has 0 amide bonds. The molecule has 2 saturated heterocycles. The molecule has 9 rings (SSSR count). The van der Waals surface area contributed by atoms with E-state index in [9.17, 15) is 0 Å². The lowest BCUT2D eigenvalue weighted by Gasteiger charge is -2.48. The van der Waals surface area contributed by atoms with Crippen molar-refractivity contribution in [2.75, 3.05) is 20.3 Å². The van der Waals surface area contributed by atoms with Crippen LogP contribution in [0.25, 0.3) is 0 Å². The predicted octanol–water partition coefficient (Wildman–Crippen LogP) is 10.8. The van der Waals surface area contributed by atoms with Crippen LogP contribution in [0.1, 0.15) is 38.9 Å². The van der Waals surface area contributed by atoms with Gasteiger partial charge in [-0.25, -0.2) is 0 Å². The highest BCUT2D eigenvalue weighted by Crippen LogP contribution is 2.35. The van der Waals surface area contributed by atoms with Gasteiger partial charge in [0, 0.05) is 7.11 Å². The van der Waals surface area contributed by atoms with E-state index < -0.39 is 61.4 Å². The Labute approximate surface area is 429 Å². The highest BCUT2D eigenvalue weighted by molar-refractivity contribution is 5.19. The highest BCUT2D eigenvalue weighted by atomic mass is 16.7. The molecule has 0 saturated carbocycles. The van der Waals surface area contributed by atoms with E-state index in [0.29, 0.717) is 26.4 Å². The van der Waals surface area contributed by atoms with E-state index >= 15 is 0 Å². The molecule has 1 unspecified atom stereocenters. The van der Waals surface area contributed by atoms with Crippen LogP contribution in [0.4, 0.5) is 0 Å². The number of ether oxygens (including phenoxy) is 11. The van der Waals surface area contributed by atoms with Crippen LogP contribution in [0.3, 0.4) is 0 Å². The first kappa shape index (κ1) is 52.0. The maximum absolute atomic E-state index is 7.10. The van der Waals surface area contributed by atoms with Crippen LogP contribution >= 0.6 is 0 Å². The van der Waals surface area contributed by atoms with Crippen LogP contribution in [0, 0.1) is 0 Å². The SMILES string of the molecule is CO[C@H]1O[C@H](COC2O[C@H](COCc3ccccc3)[C@@H](OCc3ccccc3)[C@H](OCc3ccccc3)[C@H]2OCc2ccccc2)[C@@H](OCc2ccccc2)[C@H](OCc2ccccc2)[C@H]1OCc1ccccc1. The zero-order valence-corrected chi connectivity index (χ0v) is 41.3. The molecule has 11 nitrogen and oxygen atoms in total. The van der Waals surface area contributed by atoms with E-state index in [1.807, 2.05) is 212 Å². The second-order valence-corrected chi connectivity index (χ2v) is 18.2. The van der Waals surface area contributed by atoms with Crippen molar-refractivity contribution < 1.29 is 52.1 Å². The number of benzene rings is 7. The van der Waals surface area contributed by atoms with Gasteiger partial charge in [-0.15, -0.1) is 0 Å². The van der Waals surface area contributed by atoms with Gasteiger partial charge in [-0.1, -0.05) is 212 Å². The Morgan fingerprint density at radius 3 is 0.863 bits per heavy atom. The topological polar surface area (TPSA) is 102 Å². The van der Waals surface area contributed by atoms with Crippen LogP contribution in [-0.4, -0.2) is 81.7 Å². The summed E-state index contributed by atoms with van der Waals surface area (Å²) >= 11 is 0. The lowest BCUT2D eigenvalue weighted by molar-refractivity contribution is -0.351. The number of rotatable bonds is 26. The zero-order chi connectivity index (χ0) is 49.7. The Hall–Kier alpha value is -5.90. The number of hydrogen-bond donors (Lipinski definition) is 0. The van der Waals surface area contributed by atoms with E-state index in [-0.39, 0.29) is 33.0 Å². The molecule has 10 atom stereocenters. The third-order valence-electron chi connectivity index (χ3n) is 12.9. The summed E-state index contributed by atoms with van der Waals surface area (Å²) in [4.78, 5) is 0. The molecule has 2 aliphatic rings. The molecule has 380 valence electrons. The van der Waals surface area contributed by atoms with Gasteiger partial charge in [-0.3, -0.25) is 0 Å². The fourth-order valence-corrected chi connectivity index (χ4v) is 9.14. The molecule has 0 bridgehead atoms. The van der Waals surface area contributed by atoms with E-state index in [4.69, 9.17) is 52.1 Å². The standard InChI is InChI=1S/C62H66O11/c1-63-61-59(69-42-51-33-19-7-20-34-51)57(67-40-49-29-15-5-16-30-49)56(66-39-48-27-13-4-14-28-48)54(72-61)45-71-62-60(70-43-52-35-21-8-22-36-52)58(68-41-50-31-17-6-18-32-50)55(65-38-47-25-11-3-12-26-47)53(73-62)44-64-37-46-23-9-2-10-24-46/h2-36,53-62H,37-45H2,1H3/t53-,54-,55-,56-,57+,58+,59-,60-,61+,62?/m1/s1. The molecule has 0 radical (unpaired) electrons. The van der Waals surface area contributed by atoms with E-state index in [0.717, 1.165) is 38.9 Å². The van der Waals surface area contributed by atoms with E-state index in [1.165, 1.54) is 0 Å². The van der Waals surface area contributed by atoms with Crippen molar-refractivity contribution in [2.24, 2.45) is 0 Å². The van der Waals surface area contributed by atoms with E-state index in [1.54, 1.807) is 7.11 Å². The minimum absolute atomic E-state index is 0.00960. The summed E-state index contributed by atoms with van der Waals surface area (Å²) < 4.78 is 75.2. The molecular formula is C62H66O11. The van der Waals surface area contributed by atoms with Crippen LogP contribution < -0.4 is 0 Å². The van der Waals surface area contributed by atoms with Crippen molar-refractivity contribution in [1.82, 2.24) is 0 Å². The molecule has 0 aliphatic carbocycles. The Morgan fingerprint density at radius 1 is 0.274 bits per heavy atom. The third kappa shape index (κ3) is 15.3. The smallest absolute Gasteiger partial charge is 0.187 e. The summed E-state index contributed by atoms with van der Waals surface area (Å²) in [6.45, 7) is 2.25. The summed E-state index contributed by atoms with van der Waals surface area (Å²) in [5.74, 6) is 0. The second-order valence-electron chi connectivity index (χ2n) is 18.2. The summed E-state index contributed by atoms with van der Waals surface area (Å²) in [5.41, 5.74) is 7.00. The number of hydrogen-bond acceptors (Lipinski definition) is 11. The lowest BCUT2D eigenvalue weighted by Crippen LogP contribution is -2.64. The van der Waals surface area contributed by atoms with Gasteiger partial charge in [0.05, 0.1) is 59.5 Å². The van der Waals surface area contributed by atoms with Crippen molar-refractivity contribution in [3.8, 4) is 0 Å². The molecule has 0 spiro atoms. The number of methoxy groups -OCH3 is 1. The molecule has 73 heavy (non-hydrogen) atoms. The maximum atomic E-state index is 7.10. The minimum Gasteiger partial charge on any atom is -0.374 e. The normalized spacial score (nSPS) is 24.0. The van der Waals surface area contributed by atoms with Gasteiger partial charge in [0.2, 0.25) is 0 Å². The Balaban J connectivity index is 1.05. The summed E-state index contributed by atoms with van der Waals surface area (Å²) in [6, 6.07) is 70.4. The fraction of sp³-hybridized carbons (Fsp3) is 0.323. The van der Waals surface area contributed by atoms with Crippen LogP contribution in [0.15, 0.2) is 212 Å². The van der Waals surface area contributed by atoms with Crippen molar-refractivity contribution in [1.29, 1.82) is 0 Å². The quantitative estimate of drug-likeness (QED) is 0.0518. The van der Waals surface area contributed by atoms with Gasteiger partial charge in [0.1, 0.15) is 48.8 Å². The monoisotopic (exact) mass is 986 g/mol. The van der Waals surface area contributed by atoms with Crippen molar-refractivity contribution in [3.05, 3.63) is 251 Å². The summed E-state index contributed by atoms with van der Waals surface area (Å²) in [6.07, 6.45) is -7.47. The molecule has 7 aromatic carbocycles. The zero-order valence-electron chi connectivity index (χ0n) is 41.3. The molecule has 2 fully saturated rings. The second kappa shape index (κ2) is 28.0. The molecule has 2 aliphatic heterocycles. The molecular weight excluding hydrogens is 921 g/mol. The van der Waals surface area contributed by atoms with Gasteiger partial charge >= 0.3 is 0 Å². The highest BCUT2D eigenvalue weighted by Gasteiger charge is 2.52. The average molecular weight is 987 g/mol. The first-order valence-corrected chi connectivity index (χ1v) is 25.2. The van der Waals surface area contributed by atoms with Gasteiger partial charge in [-0.05, 0) is 38.9 Å². The Bertz CT molecular complexity index is 2560. The first-order valence-electron chi connectivity index (χ1n) is 25.2. The van der Waals surface area contributed by atoms with Crippen LogP contribution in [-0.2, 0) is 98.4 Å². The first-order chi connectivity index (χ1) is 36.2. The molecule has 7 aromatic rings. The maximum Gasteiger partial charge on any atom is 0.187 e.